The Balaban J connectivity index is 0.986. The number of carbonyl (C=O) groups excluding carboxylic acids is 1. The molecule has 1 saturated heterocycles. The van der Waals surface area contributed by atoms with Gasteiger partial charge in [0.05, 0.1) is 35.5 Å². The molecule has 1 saturated carbocycles. The number of nitrogens with one attached hydrogen (secondary N) is 2. The van der Waals surface area contributed by atoms with Crippen LogP contribution < -0.4 is 19.1 Å². The number of halogens is 2. The first kappa shape index (κ1) is 42.1. The first-order chi connectivity index (χ1) is 28.8. The van der Waals surface area contributed by atoms with E-state index in [2.05, 4.69) is 62.6 Å². The van der Waals surface area contributed by atoms with Crippen LogP contribution in [0.25, 0.3) is 16.5 Å². The fraction of sp³-hybridized carbons (Fsp3) is 0.413. The van der Waals surface area contributed by atoms with Crippen LogP contribution in [-0.4, -0.2) is 73.7 Å². The molecule has 1 aliphatic heterocycles. The number of pyridine rings is 1. The zero-order chi connectivity index (χ0) is 42.0. The molecule has 8 rings (SSSR count). The topological polar surface area (TPSA) is 130 Å². The lowest BCUT2D eigenvalue weighted by molar-refractivity contribution is 0.0979. The van der Waals surface area contributed by atoms with Gasteiger partial charge in [0, 0.05) is 49.5 Å². The highest BCUT2D eigenvalue weighted by molar-refractivity contribution is 7.90. The van der Waals surface area contributed by atoms with E-state index in [9.17, 15) is 13.2 Å². The lowest BCUT2D eigenvalue weighted by atomic mass is 9.72. The number of H-pyrrole nitrogens is 1. The molecule has 2 fully saturated rings. The number of hydrogen-bond acceptors (Lipinski definition) is 9. The van der Waals surface area contributed by atoms with Gasteiger partial charge in [-0.05, 0) is 103 Å². The zero-order valence-corrected chi connectivity index (χ0v) is 36.7. The number of amides is 1. The summed E-state index contributed by atoms with van der Waals surface area (Å²) >= 11 is 12.7. The van der Waals surface area contributed by atoms with Gasteiger partial charge in [-0.2, -0.15) is 5.10 Å². The molecule has 0 spiro atoms. The number of benzene rings is 3. The van der Waals surface area contributed by atoms with Gasteiger partial charge in [-0.3, -0.25) is 14.8 Å². The van der Waals surface area contributed by atoms with Crippen LogP contribution in [0.4, 0.5) is 5.69 Å². The van der Waals surface area contributed by atoms with E-state index in [0.29, 0.717) is 18.3 Å². The molecule has 1 amide bonds. The van der Waals surface area contributed by atoms with E-state index in [1.165, 1.54) is 22.8 Å². The Bertz CT molecular complexity index is 2490. The third-order valence-electron chi connectivity index (χ3n) is 12.3. The molecule has 11 nitrogen and oxygen atoms in total. The summed E-state index contributed by atoms with van der Waals surface area (Å²) < 4.78 is 41.8. The summed E-state index contributed by atoms with van der Waals surface area (Å²) in [5.41, 5.74) is 6.08. The summed E-state index contributed by atoms with van der Waals surface area (Å²) in [4.78, 5) is 22.7. The Labute approximate surface area is 362 Å². The minimum atomic E-state index is -4.38. The first-order valence-corrected chi connectivity index (χ1v) is 23.1. The van der Waals surface area contributed by atoms with Gasteiger partial charge in [0.2, 0.25) is 5.88 Å². The third kappa shape index (κ3) is 9.78. The van der Waals surface area contributed by atoms with E-state index in [-0.39, 0.29) is 32.5 Å². The maximum Gasteiger partial charge on any atom is 0.268 e. The van der Waals surface area contributed by atoms with Crippen LogP contribution in [0, 0.1) is 17.3 Å². The second-order valence-electron chi connectivity index (χ2n) is 17.4. The summed E-state index contributed by atoms with van der Waals surface area (Å²) in [7, 11) is -4.38. The number of rotatable bonds is 12. The molecule has 0 bridgehead atoms. The average Bonchev–Trinajstić information content (AvgIpc) is 3.72. The highest BCUT2D eigenvalue weighted by atomic mass is 35.5. The molecule has 2 aromatic heterocycles. The smallest absolute Gasteiger partial charge is 0.268 e. The van der Waals surface area contributed by atoms with Crippen molar-refractivity contribution in [2.75, 3.05) is 44.2 Å². The molecule has 60 heavy (non-hydrogen) atoms. The summed E-state index contributed by atoms with van der Waals surface area (Å²) in [5, 5.41) is 8.61. The molecule has 2 N–H and O–H groups in total. The Hall–Kier alpha value is -4.62. The van der Waals surface area contributed by atoms with Crippen molar-refractivity contribution in [3.8, 4) is 17.4 Å². The van der Waals surface area contributed by atoms with Crippen LogP contribution >= 0.6 is 23.2 Å². The van der Waals surface area contributed by atoms with E-state index in [1.54, 1.807) is 24.4 Å². The van der Waals surface area contributed by atoms with Crippen molar-refractivity contribution < 1.29 is 22.7 Å². The summed E-state index contributed by atoms with van der Waals surface area (Å²) in [6, 6.07) is 20.2. The highest BCUT2D eigenvalue weighted by Gasteiger charge is 2.30. The normalized spacial score (nSPS) is 20.0. The van der Waals surface area contributed by atoms with Gasteiger partial charge in [0.15, 0.2) is 0 Å². The molecule has 3 aliphatic rings. The number of ether oxygens (including phenoxy) is 2. The fourth-order valence-corrected chi connectivity index (χ4v) is 9.96. The number of allylic oxidation sites excluding steroid dienone is 1. The van der Waals surface area contributed by atoms with E-state index in [4.69, 9.17) is 32.7 Å². The molecule has 3 heterocycles. The van der Waals surface area contributed by atoms with Gasteiger partial charge in [-0.25, -0.2) is 18.1 Å². The van der Waals surface area contributed by atoms with E-state index >= 15 is 0 Å². The second-order valence-corrected chi connectivity index (χ2v) is 19.9. The second kappa shape index (κ2) is 17.8. The SMILES string of the molecule is CC1CCC(COc2ncc(S(=O)(=O)NC(=O)c3ccc(N4CCN(CC5=C(c6ccc(Cl)cc6)CC(C)(C)CC5)CC4)cc3Oc3cccc4[nH]ncc34)cc2Cl)CC1. The minimum absolute atomic E-state index is 0.0455. The number of hydrogen-bond donors (Lipinski definition) is 2. The van der Waals surface area contributed by atoms with Gasteiger partial charge in [0.25, 0.3) is 15.9 Å². The summed E-state index contributed by atoms with van der Waals surface area (Å²) in [5.74, 6) is 1.10. The van der Waals surface area contributed by atoms with Crippen molar-refractivity contribution in [1.82, 2.24) is 24.8 Å². The molecular formula is C46H52Cl2N6O5S. The monoisotopic (exact) mass is 870 g/mol. The fourth-order valence-electron chi connectivity index (χ4n) is 8.62. The van der Waals surface area contributed by atoms with E-state index < -0.39 is 15.9 Å². The third-order valence-corrected chi connectivity index (χ3v) is 14.1. The minimum Gasteiger partial charge on any atom is -0.476 e. The predicted molar refractivity (Wildman–Crippen MR) is 238 cm³/mol. The number of sulfonamides is 1. The van der Waals surface area contributed by atoms with Gasteiger partial charge in [-0.15, -0.1) is 0 Å². The Morgan fingerprint density at radius 2 is 1.72 bits per heavy atom. The van der Waals surface area contributed by atoms with Crippen LogP contribution in [0.3, 0.4) is 0 Å². The lowest BCUT2D eigenvalue weighted by Crippen LogP contribution is -2.47. The van der Waals surface area contributed by atoms with Crippen LogP contribution in [0.1, 0.15) is 81.6 Å². The van der Waals surface area contributed by atoms with Crippen LogP contribution in [0.2, 0.25) is 10.0 Å². The van der Waals surface area contributed by atoms with Crippen molar-refractivity contribution >= 4 is 61.3 Å². The molecule has 5 aromatic rings. The number of aromatic nitrogens is 3. The van der Waals surface area contributed by atoms with Gasteiger partial charge in [-0.1, -0.05) is 80.6 Å². The molecule has 3 aromatic carbocycles. The Kier molecular flexibility index (Phi) is 12.5. The molecule has 2 aliphatic carbocycles. The highest BCUT2D eigenvalue weighted by Crippen LogP contribution is 2.44. The average molecular weight is 872 g/mol. The van der Waals surface area contributed by atoms with E-state index in [1.807, 2.05) is 30.3 Å². The molecule has 0 atom stereocenters. The number of piperazine rings is 1. The Morgan fingerprint density at radius 3 is 2.47 bits per heavy atom. The number of nitrogens with zero attached hydrogens (tertiary/aromatic N) is 4. The van der Waals surface area contributed by atoms with Crippen molar-refractivity contribution in [3.05, 3.63) is 106 Å². The van der Waals surface area contributed by atoms with Crippen molar-refractivity contribution in [2.24, 2.45) is 17.3 Å². The largest absolute Gasteiger partial charge is 0.476 e. The summed E-state index contributed by atoms with van der Waals surface area (Å²) in [6.45, 7) is 11.6. The lowest BCUT2D eigenvalue weighted by Gasteiger charge is -2.39. The van der Waals surface area contributed by atoms with Crippen molar-refractivity contribution in [2.45, 2.75) is 70.6 Å². The molecule has 14 heteroatoms. The number of anilines is 1. The summed E-state index contributed by atoms with van der Waals surface area (Å²) in [6.07, 6.45) is 10.5. The van der Waals surface area contributed by atoms with Gasteiger partial charge in [0.1, 0.15) is 21.4 Å². The van der Waals surface area contributed by atoms with Crippen LogP contribution in [0.5, 0.6) is 17.4 Å². The molecular weight excluding hydrogens is 820 g/mol. The maximum absolute atomic E-state index is 13.9. The number of carbonyl (C=O) groups is 1. The quantitative estimate of drug-likeness (QED) is 0.126. The number of fused-ring (bicyclic) bond motifs is 1. The van der Waals surface area contributed by atoms with Crippen LogP contribution in [0.15, 0.2) is 89.6 Å². The van der Waals surface area contributed by atoms with Crippen LogP contribution in [-0.2, 0) is 10.0 Å². The number of aromatic amines is 1. The van der Waals surface area contributed by atoms with Crippen molar-refractivity contribution in [3.63, 3.8) is 0 Å². The first-order valence-electron chi connectivity index (χ1n) is 20.8. The van der Waals surface area contributed by atoms with E-state index in [0.717, 1.165) is 111 Å². The standard InChI is InChI=1S/C46H52Cl2N6O5S/c1-30-7-9-31(10-8-30)29-58-45-40(48)24-36(26-49-45)60(56,57)52-44(55)37-16-15-35(23-43(37)59-42-6-4-5-41-39(42)27-50-51-41)54-21-19-53(20-22-54)28-33-17-18-46(2,3)25-38(33)32-11-13-34(47)14-12-32/h4-6,11-16,23-24,26-27,30-31H,7-10,17-22,25,28-29H2,1-3H3,(H,50,51)(H,52,55). The van der Waals surface area contributed by atoms with Gasteiger partial charge >= 0.3 is 0 Å². The van der Waals surface area contributed by atoms with Gasteiger partial charge < -0.3 is 14.4 Å². The molecule has 0 unspecified atom stereocenters. The zero-order valence-electron chi connectivity index (χ0n) is 34.3. The molecule has 0 radical (unpaired) electrons. The molecule has 316 valence electrons. The van der Waals surface area contributed by atoms with Crippen molar-refractivity contribution in [1.29, 1.82) is 0 Å². The Morgan fingerprint density at radius 1 is 0.950 bits per heavy atom. The maximum atomic E-state index is 13.9. The predicted octanol–water partition coefficient (Wildman–Crippen LogP) is 10.2.